The first kappa shape index (κ1) is 16.4. The van der Waals surface area contributed by atoms with E-state index in [2.05, 4.69) is 15.5 Å². The van der Waals surface area contributed by atoms with Crippen molar-refractivity contribution in [1.29, 1.82) is 0 Å². The average molecular weight is 326 g/mol. The minimum Gasteiger partial charge on any atom is -0.495 e. The van der Waals surface area contributed by atoms with E-state index in [1.807, 2.05) is 20.8 Å². The molecule has 2 aromatic rings. The van der Waals surface area contributed by atoms with Crippen molar-refractivity contribution in [1.82, 2.24) is 10.1 Å². The van der Waals surface area contributed by atoms with Gasteiger partial charge in [-0.1, -0.05) is 30.6 Å². The Balaban J connectivity index is 2.23. The normalized spacial score (nSPS) is 12.3. The summed E-state index contributed by atoms with van der Waals surface area (Å²) in [6.45, 7) is 5.95. The molecule has 0 aliphatic heterocycles. The maximum absolute atomic E-state index is 6.16. The molecule has 1 unspecified atom stereocenters. The molecule has 0 saturated heterocycles. The van der Waals surface area contributed by atoms with Gasteiger partial charge in [0, 0.05) is 12.0 Å². The van der Waals surface area contributed by atoms with Crippen LogP contribution in [0, 0.1) is 0 Å². The van der Waals surface area contributed by atoms with E-state index in [4.69, 9.17) is 25.6 Å². The maximum Gasteiger partial charge on any atom is 0.248 e. The predicted molar refractivity (Wildman–Crippen MR) is 85.0 cm³/mol. The molecular weight excluding hydrogens is 306 g/mol. The lowest BCUT2D eigenvalue weighted by atomic mass is 10.2. The van der Waals surface area contributed by atoms with Crippen LogP contribution in [0.3, 0.4) is 0 Å². The van der Waals surface area contributed by atoms with E-state index < -0.39 is 0 Å². The Morgan fingerprint density at radius 2 is 1.82 bits per heavy atom. The Labute approximate surface area is 134 Å². The quantitative estimate of drug-likeness (QED) is 0.864. The summed E-state index contributed by atoms with van der Waals surface area (Å²) in [6, 6.07) is 3.29. The molecule has 120 valence electrons. The van der Waals surface area contributed by atoms with Crippen LogP contribution in [0.2, 0.25) is 5.02 Å². The van der Waals surface area contributed by atoms with E-state index in [1.165, 1.54) is 0 Å². The third-order valence-corrected chi connectivity index (χ3v) is 3.49. The highest BCUT2D eigenvalue weighted by molar-refractivity contribution is 6.32. The number of hydrogen-bond acceptors (Lipinski definition) is 6. The Hall–Kier alpha value is -1.95. The lowest BCUT2D eigenvalue weighted by Crippen LogP contribution is -2.08. The fraction of sp³-hybridized carbons (Fsp3) is 0.467. The van der Waals surface area contributed by atoms with Crippen molar-refractivity contribution in [3.63, 3.8) is 0 Å². The molecule has 0 amide bonds. The highest BCUT2D eigenvalue weighted by atomic mass is 35.5. The smallest absolute Gasteiger partial charge is 0.248 e. The summed E-state index contributed by atoms with van der Waals surface area (Å²) in [7, 11) is 3.14. The van der Waals surface area contributed by atoms with E-state index in [0.717, 1.165) is 5.69 Å². The standard InChI is InChI=1S/C15H20ClN3O3/c1-8(2)14-18-15(22-19-14)9(3)17-11-6-10(16)12(20-4)7-13(11)21-5/h6-9,17H,1-5H3. The van der Waals surface area contributed by atoms with Gasteiger partial charge in [0.1, 0.15) is 17.5 Å². The Morgan fingerprint density at radius 3 is 2.36 bits per heavy atom. The fourth-order valence-electron chi connectivity index (χ4n) is 1.93. The van der Waals surface area contributed by atoms with Crippen LogP contribution in [0.25, 0.3) is 0 Å². The van der Waals surface area contributed by atoms with Gasteiger partial charge >= 0.3 is 0 Å². The summed E-state index contributed by atoms with van der Waals surface area (Å²) >= 11 is 6.16. The zero-order chi connectivity index (χ0) is 16.3. The second-order valence-electron chi connectivity index (χ2n) is 5.20. The Bertz CT molecular complexity index is 643. The fourth-order valence-corrected chi connectivity index (χ4v) is 2.17. The lowest BCUT2D eigenvalue weighted by molar-refractivity contribution is 0.360. The van der Waals surface area contributed by atoms with Gasteiger partial charge in [0.15, 0.2) is 5.82 Å². The van der Waals surface area contributed by atoms with Gasteiger partial charge in [-0.2, -0.15) is 4.98 Å². The molecule has 0 aliphatic carbocycles. The van der Waals surface area contributed by atoms with Crippen LogP contribution in [0.15, 0.2) is 16.7 Å². The van der Waals surface area contributed by atoms with Crippen molar-refractivity contribution >= 4 is 17.3 Å². The number of aromatic nitrogens is 2. The van der Waals surface area contributed by atoms with Crippen molar-refractivity contribution in [2.24, 2.45) is 0 Å². The van der Waals surface area contributed by atoms with Crippen LogP contribution in [0.4, 0.5) is 5.69 Å². The molecule has 0 fully saturated rings. The highest BCUT2D eigenvalue weighted by Gasteiger charge is 2.18. The topological polar surface area (TPSA) is 69.4 Å². The summed E-state index contributed by atoms with van der Waals surface area (Å²) in [4.78, 5) is 4.38. The van der Waals surface area contributed by atoms with E-state index in [0.29, 0.717) is 28.2 Å². The first-order valence-corrected chi connectivity index (χ1v) is 7.35. The van der Waals surface area contributed by atoms with Crippen molar-refractivity contribution < 1.29 is 14.0 Å². The van der Waals surface area contributed by atoms with Gasteiger partial charge in [0.05, 0.1) is 24.9 Å². The minimum atomic E-state index is -0.182. The molecule has 7 heteroatoms. The number of nitrogens with one attached hydrogen (secondary N) is 1. The van der Waals surface area contributed by atoms with Crippen LogP contribution in [0.1, 0.15) is 44.4 Å². The van der Waals surface area contributed by atoms with Gasteiger partial charge in [-0.25, -0.2) is 0 Å². The van der Waals surface area contributed by atoms with Gasteiger partial charge in [-0.3, -0.25) is 0 Å². The van der Waals surface area contributed by atoms with Gasteiger partial charge in [0.2, 0.25) is 5.89 Å². The Kier molecular flexibility index (Phi) is 5.13. The van der Waals surface area contributed by atoms with Crippen LogP contribution in [0.5, 0.6) is 11.5 Å². The van der Waals surface area contributed by atoms with E-state index in [9.17, 15) is 0 Å². The number of hydrogen-bond donors (Lipinski definition) is 1. The summed E-state index contributed by atoms with van der Waals surface area (Å²) in [5.74, 6) is 2.59. The van der Waals surface area contributed by atoms with E-state index in [1.54, 1.807) is 26.4 Å². The number of nitrogens with zero attached hydrogens (tertiary/aromatic N) is 2. The van der Waals surface area contributed by atoms with Crippen molar-refractivity contribution in [2.45, 2.75) is 32.7 Å². The van der Waals surface area contributed by atoms with Crippen molar-refractivity contribution in [3.8, 4) is 11.5 Å². The Morgan fingerprint density at radius 1 is 1.14 bits per heavy atom. The number of methoxy groups -OCH3 is 2. The molecule has 2 rings (SSSR count). The van der Waals surface area contributed by atoms with Crippen LogP contribution >= 0.6 is 11.6 Å². The lowest BCUT2D eigenvalue weighted by Gasteiger charge is -2.16. The SMILES string of the molecule is COc1cc(OC)c(NC(C)c2nc(C(C)C)no2)cc1Cl. The van der Waals surface area contributed by atoms with Gasteiger partial charge in [0.25, 0.3) is 0 Å². The molecule has 0 radical (unpaired) electrons. The molecule has 1 N–H and O–H groups in total. The summed E-state index contributed by atoms with van der Waals surface area (Å²) < 4.78 is 15.8. The molecule has 6 nitrogen and oxygen atoms in total. The highest BCUT2D eigenvalue weighted by Crippen LogP contribution is 2.37. The second-order valence-corrected chi connectivity index (χ2v) is 5.61. The number of ether oxygens (including phenoxy) is 2. The monoisotopic (exact) mass is 325 g/mol. The first-order valence-electron chi connectivity index (χ1n) is 6.97. The molecule has 0 bridgehead atoms. The number of anilines is 1. The van der Waals surface area contributed by atoms with Gasteiger partial charge < -0.3 is 19.3 Å². The molecule has 1 atom stereocenters. The van der Waals surface area contributed by atoms with Crippen LogP contribution in [-0.2, 0) is 0 Å². The molecular formula is C15H20ClN3O3. The number of halogens is 1. The van der Waals surface area contributed by atoms with E-state index in [-0.39, 0.29) is 12.0 Å². The van der Waals surface area contributed by atoms with E-state index >= 15 is 0 Å². The maximum atomic E-state index is 6.16. The second kappa shape index (κ2) is 6.87. The largest absolute Gasteiger partial charge is 0.495 e. The number of benzene rings is 1. The zero-order valence-corrected chi connectivity index (χ0v) is 14.1. The molecule has 0 spiro atoms. The minimum absolute atomic E-state index is 0.182. The van der Waals surface area contributed by atoms with Crippen molar-refractivity contribution in [3.05, 3.63) is 28.9 Å². The third kappa shape index (κ3) is 3.44. The van der Waals surface area contributed by atoms with Crippen LogP contribution < -0.4 is 14.8 Å². The predicted octanol–water partition coefficient (Wildman–Crippen LogP) is 4.04. The van der Waals surface area contributed by atoms with Crippen molar-refractivity contribution in [2.75, 3.05) is 19.5 Å². The summed E-state index contributed by atoms with van der Waals surface area (Å²) in [5, 5.41) is 7.72. The molecule has 1 heterocycles. The molecule has 0 aliphatic rings. The number of rotatable bonds is 6. The summed E-state index contributed by atoms with van der Waals surface area (Å²) in [5.41, 5.74) is 0.727. The summed E-state index contributed by atoms with van der Waals surface area (Å²) in [6.07, 6.45) is 0. The third-order valence-electron chi connectivity index (χ3n) is 3.19. The molecule has 0 saturated carbocycles. The van der Waals surface area contributed by atoms with Gasteiger partial charge in [-0.05, 0) is 13.0 Å². The molecule has 1 aromatic carbocycles. The van der Waals surface area contributed by atoms with Gasteiger partial charge in [-0.15, -0.1) is 0 Å². The molecule has 22 heavy (non-hydrogen) atoms. The first-order chi connectivity index (χ1) is 10.5. The molecule has 1 aromatic heterocycles. The van der Waals surface area contributed by atoms with Crippen LogP contribution in [-0.4, -0.2) is 24.4 Å². The average Bonchev–Trinajstić information content (AvgIpc) is 2.97. The zero-order valence-electron chi connectivity index (χ0n) is 13.3.